The van der Waals surface area contributed by atoms with Crippen LogP contribution in [0.15, 0.2) is 24.3 Å². The standard InChI is InChI=1S/C15H20FNO2/c16-14-6-4-12(5-7-14)10-15(18)17-8-1-9-19-11-13-2-3-13/h4-7,13H,1-3,8-11H2,(H,17,18). The molecule has 3 nitrogen and oxygen atoms in total. The zero-order valence-corrected chi connectivity index (χ0v) is 11.0. The van der Waals surface area contributed by atoms with Crippen LogP contribution in [0.5, 0.6) is 0 Å². The number of hydrogen-bond acceptors (Lipinski definition) is 2. The van der Waals surface area contributed by atoms with Crippen molar-refractivity contribution in [2.75, 3.05) is 19.8 Å². The van der Waals surface area contributed by atoms with E-state index in [1.807, 2.05) is 0 Å². The summed E-state index contributed by atoms with van der Waals surface area (Å²) < 4.78 is 18.2. The fourth-order valence-corrected chi connectivity index (χ4v) is 1.79. The molecule has 0 saturated heterocycles. The molecule has 1 N–H and O–H groups in total. The SMILES string of the molecule is O=C(Cc1ccc(F)cc1)NCCCOCC1CC1. The lowest BCUT2D eigenvalue weighted by atomic mass is 10.1. The van der Waals surface area contributed by atoms with Gasteiger partial charge in [-0.15, -0.1) is 0 Å². The van der Waals surface area contributed by atoms with Gasteiger partial charge in [-0.05, 0) is 42.9 Å². The Bertz CT molecular complexity index is 401. The second-order valence-electron chi connectivity index (χ2n) is 5.03. The highest BCUT2D eigenvalue weighted by molar-refractivity contribution is 5.78. The van der Waals surface area contributed by atoms with Gasteiger partial charge in [0.1, 0.15) is 5.82 Å². The molecule has 1 amide bonds. The molecule has 0 aromatic heterocycles. The third-order valence-electron chi connectivity index (χ3n) is 3.12. The monoisotopic (exact) mass is 265 g/mol. The zero-order valence-electron chi connectivity index (χ0n) is 11.0. The number of nitrogens with one attached hydrogen (secondary N) is 1. The molecule has 1 aliphatic carbocycles. The van der Waals surface area contributed by atoms with Crippen LogP contribution < -0.4 is 5.32 Å². The average Bonchev–Trinajstić information content (AvgIpc) is 3.20. The molecule has 1 aromatic carbocycles. The second-order valence-corrected chi connectivity index (χ2v) is 5.03. The van der Waals surface area contributed by atoms with Gasteiger partial charge in [0.2, 0.25) is 5.91 Å². The van der Waals surface area contributed by atoms with E-state index in [4.69, 9.17) is 4.74 Å². The summed E-state index contributed by atoms with van der Waals surface area (Å²) in [5.41, 5.74) is 0.823. The smallest absolute Gasteiger partial charge is 0.224 e. The summed E-state index contributed by atoms with van der Waals surface area (Å²) in [6.45, 7) is 2.20. The molecule has 0 radical (unpaired) electrons. The van der Waals surface area contributed by atoms with Crippen molar-refractivity contribution >= 4 is 5.91 Å². The highest BCUT2D eigenvalue weighted by atomic mass is 19.1. The van der Waals surface area contributed by atoms with E-state index in [0.717, 1.165) is 24.5 Å². The molecular weight excluding hydrogens is 245 g/mol. The lowest BCUT2D eigenvalue weighted by Gasteiger charge is -2.06. The molecule has 0 atom stereocenters. The lowest BCUT2D eigenvalue weighted by Crippen LogP contribution is -2.26. The van der Waals surface area contributed by atoms with E-state index in [1.54, 1.807) is 12.1 Å². The first-order chi connectivity index (χ1) is 9.24. The number of carbonyl (C=O) groups is 1. The second kappa shape index (κ2) is 7.24. The number of carbonyl (C=O) groups excluding carboxylic acids is 1. The molecule has 0 aliphatic heterocycles. The van der Waals surface area contributed by atoms with Gasteiger partial charge in [-0.1, -0.05) is 12.1 Å². The molecule has 4 heteroatoms. The molecule has 0 heterocycles. The Morgan fingerprint density at radius 3 is 2.74 bits per heavy atom. The van der Waals surface area contributed by atoms with Crippen molar-refractivity contribution in [2.24, 2.45) is 5.92 Å². The first kappa shape index (κ1) is 14.0. The molecule has 1 fully saturated rings. The molecule has 1 aliphatic rings. The van der Waals surface area contributed by atoms with Gasteiger partial charge in [-0.25, -0.2) is 4.39 Å². The maximum absolute atomic E-state index is 12.7. The molecule has 0 unspecified atom stereocenters. The first-order valence-electron chi connectivity index (χ1n) is 6.83. The summed E-state index contributed by atoms with van der Waals surface area (Å²) in [5.74, 6) is 0.471. The Morgan fingerprint density at radius 1 is 1.32 bits per heavy atom. The summed E-state index contributed by atoms with van der Waals surface area (Å²) in [5, 5.41) is 2.84. The van der Waals surface area contributed by atoms with Gasteiger partial charge in [0.05, 0.1) is 6.42 Å². The minimum absolute atomic E-state index is 0.0335. The Balaban J connectivity index is 1.52. The fraction of sp³-hybridized carbons (Fsp3) is 0.533. The van der Waals surface area contributed by atoms with Gasteiger partial charge >= 0.3 is 0 Å². The minimum Gasteiger partial charge on any atom is -0.381 e. The summed E-state index contributed by atoms with van der Waals surface area (Å²) in [6.07, 6.45) is 3.73. The van der Waals surface area contributed by atoms with Crippen LogP contribution in [0, 0.1) is 11.7 Å². The van der Waals surface area contributed by atoms with Crippen molar-refractivity contribution in [2.45, 2.75) is 25.7 Å². The van der Waals surface area contributed by atoms with Crippen molar-refractivity contribution in [1.29, 1.82) is 0 Å². The number of ether oxygens (including phenoxy) is 1. The van der Waals surface area contributed by atoms with Gasteiger partial charge in [0.25, 0.3) is 0 Å². The molecular formula is C15H20FNO2. The maximum Gasteiger partial charge on any atom is 0.224 e. The minimum atomic E-state index is -0.281. The Hall–Kier alpha value is -1.42. The third kappa shape index (κ3) is 5.83. The summed E-state index contributed by atoms with van der Waals surface area (Å²) >= 11 is 0. The van der Waals surface area contributed by atoms with Crippen LogP contribution in [0.1, 0.15) is 24.8 Å². The van der Waals surface area contributed by atoms with Crippen molar-refractivity contribution in [3.63, 3.8) is 0 Å². The summed E-state index contributed by atoms with van der Waals surface area (Å²) in [7, 11) is 0. The van der Waals surface area contributed by atoms with Crippen LogP contribution in [0.3, 0.4) is 0 Å². The molecule has 1 aromatic rings. The highest BCUT2D eigenvalue weighted by Gasteiger charge is 2.20. The van der Waals surface area contributed by atoms with Crippen LogP contribution >= 0.6 is 0 Å². The highest BCUT2D eigenvalue weighted by Crippen LogP contribution is 2.28. The summed E-state index contributed by atoms with van der Waals surface area (Å²) in [4.78, 5) is 11.6. The molecule has 1 saturated carbocycles. The van der Waals surface area contributed by atoms with Crippen LogP contribution in [-0.4, -0.2) is 25.7 Å². The number of benzene rings is 1. The van der Waals surface area contributed by atoms with E-state index in [2.05, 4.69) is 5.32 Å². The fourth-order valence-electron chi connectivity index (χ4n) is 1.79. The van der Waals surface area contributed by atoms with Gasteiger partial charge in [-0.2, -0.15) is 0 Å². The summed E-state index contributed by atoms with van der Waals surface area (Å²) in [6, 6.07) is 6.00. The Kier molecular flexibility index (Phi) is 5.33. The van der Waals surface area contributed by atoms with Gasteiger partial charge in [-0.3, -0.25) is 4.79 Å². The first-order valence-corrected chi connectivity index (χ1v) is 6.83. The van der Waals surface area contributed by atoms with Crippen molar-refractivity contribution < 1.29 is 13.9 Å². The van der Waals surface area contributed by atoms with E-state index in [1.165, 1.54) is 25.0 Å². The van der Waals surface area contributed by atoms with Crippen LogP contribution in [0.25, 0.3) is 0 Å². The van der Waals surface area contributed by atoms with E-state index >= 15 is 0 Å². The van der Waals surface area contributed by atoms with Crippen LogP contribution in [0.2, 0.25) is 0 Å². The van der Waals surface area contributed by atoms with Crippen molar-refractivity contribution in [1.82, 2.24) is 5.32 Å². The quantitative estimate of drug-likeness (QED) is 0.732. The largest absolute Gasteiger partial charge is 0.381 e. The Morgan fingerprint density at radius 2 is 2.05 bits per heavy atom. The van der Waals surface area contributed by atoms with Crippen LogP contribution in [-0.2, 0) is 16.0 Å². The van der Waals surface area contributed by atoms with Gasteiger partial charge < -0.3 is 10.1 Å². The van der Waals surface area contributed by atoms with Crippen LogP contribution in [0.4, 0.5) is 4.39 Å². The van der Waals surface area contributed by atoms with Gasteiger partial charge in [0.15, 0.2) is 0 Å². The number of halogens is 1. The van der Waals surface area contributed by atoms with E-state index in [9.17, 15) is 9.18 Å². The zero-order chi connectivity index (χ0) is 13.5. The topological polar surface area (TPSA) is 38.3 Å². The molecule has 104 valence electrons. The van der Waals surface area contributed by atoms with Gasteiger partial charge in [0, 0.05) is 19.8 Å². The normalized spacial score (nSPS) is 14.4. The van der Waals surface area contributed by atoms with Crippen molar-refractivity contribution in [3.8, 4) is 0 Å². The third-order valence-corrected chi connectivity index (χ3v) is 3.12. The predicted molar refractivity (Wildman–Crippen MR) is 71.3 cm³/mol. The number of rotatable bonds is 8. The van der Waals surface area contributed by atoms with Crippen molar-refractivity contribution in [3.05, 3.63) is 35.6 Å². The molecule has 0 spiro atoms. The average molecular weight is 265 g/mol. The molecule has 0 bridgehead atoms. The number of amides is 1. The van der Waals surface area contributed by atoms with E-state index in [-0.39, 0.29) is 11.7 Å². The number of hydrogen-bond donors (Lipinski definition) is 1. The lowest BCUT2D eigenvalue weighted by molar-refractivity contribution is -0.120. The molecule has 2 rings (SSSR count). The van der Waals surface area contributed by atoms with E-state index < -0.39 is 0 Å². The predicted octanol–water partition coefficient (Wildman–Crippen LogP) is 2.30. The maximum atomic E-state index is 12.7. The Labute approximate surface area is 113 Å². The molecule has 19 heavy (non-hydrogen) atoms. The van der Waals surface area contributed by atoms with E-state index in [0.29, 0.717) is 19.6 Å².